The molecule has 0 saturated carbocycles. The summed E-state index contributed by atoms with van der Waals surface area (Å²) >= 11 is 0. The van der Waals surface area contributed by atoms with E-state index in [1.807, 2.05) is 31.2 Å². The highest BCUT2D eigenvalue weighted by Gasteiger charge is 2.05. The SMILES string of the molecule is CCCC[NH+](C)CCOc1ccccc1OCC. The smallest absolute Gasteiger partial charge is 0.161 e. The van der Waals surface area contributed by atoms with Crippen molar-refractivity contribution in [2.75, 3.05) is 33.4 Å². The summed E-state index contributed by atoms with van der Waals surface area (Å²) in [6.07, 6.45) is 2.53. The maximum absolute atomic E-state index is 5.79. The van der Waals surface area contributed by atoms with Crippen LogP contribution in [0.1, 0.15) is 26.7 Å². The number of para-hydroxylation sites is 2. The molecule has 0 aromatic heterocycles. The second kappa shape index (κ2) is 8.81. The highest BCUT2D eigenvalue weighted by molar-refractivity contribution is 5.39. The molecule has 0 saturated heterocycles. The van der Waals surface area contributed by atoms with Crippen molar-refractivity contribution in [2.24, 2.45) is 0 Å². The van der Waals surface area contributed by atoms with E-state index in [4.69, 9.17) is 9.47 Å². The standard InChI is InChI=1S/C15H25NO2/c1-4-6-11-16(3)12-13-18-15-10-8-7-9-14(15)17-5-2/h7-10H,4-6,11-13H2,1-3H3/p+1. The summed E-state index contributed by atoms with van der Waals surface area (Å²) < 4.78 is 11.3. The lowest BCUT2D eigenvalue weighted by Crippen LogP contribution is -3.09. The average Bonchev–Trinajstić information content (AvgIpc) is 2.38. The Kier molecular flexibility index (Phi) is 7.26. The first-order valence-corrected chi connectivity index (χ1v) is 6.93. The van der Waals surface area contributed by atoms with Crippen LogP contribution in [-0.2, 0) is 0 Å². The number of hydrogen-bond acceptors (Lipinski definition) is 2. The van der Waals surface area contributed by atoms with Crippen LogP contribution in [0.2, 0.25) is 0 Å². The molecule has 0 fully saturated rings. The summed E-state index contributed by atoms with van der Waals surface area (Å²) in [5.74, 6) is 1.69. The zero-order valence-corrected chi connectivity index (χ0v) is 11.9. The van der Waals surface area contributed by atoms with Crippen molar-refractivity contribution >= 4 is 0 Å². The zero-order chi connectivity index (χ0) is 13.2. The van der Waals surface area contributed by atoms with Crippen LogP contribution in [0.5, 0.6) is 11.5 Å². The van der Waals surface area contributed by atoms with Crippen LogP contribution in [0.4, 0.5) is 0 Å². The van der Waals surface area contributed by atoms with E-state index >= 15 is 0 Å². The lowest BCUT2D eigenvalue weighted by molar-refractivity contribution is -0.879. The van der Waals surface area contributed by atoms with Crippen LogP contribution in [0, 0.1) is 0 Å². The summed E-state index contributed by atoms with van der Waals surface area (Å²) in [5, 5.41) is 0. The van der Waals surface area contributed by atoms with E-state index in [9.17, 15) is 0 Å². The third kappa shape index (κ3) is 5.41. The van der Waals surface area contributed by atoms with Gasteiger partial charge in [-0.3, -0.25) is 0 Å². The van der Waals surface area contributed by atoms with Crippen LogP contribution in [0.15, 0.2) is 24.3 Å². The first kappa shape index (κ1) is 14.8. The van der Waals surface area contributed by atoms with Gasteiger partial charge in [-0.15, -0.1) is 0 Å². The molecule has 0 aliphatic carbocycles. The van der Waals surface area contributed by atoms with Crippen LogP contribution < -0.4 is 14.4 Å². The fourth-order valence-electron chi connectivity index (χ4n) is 1.78. The quantitative estimate of drug-likeness (QED) is 0.724. The highest BCUT2D eigenvalue weighted by Crippen LogP contribution is 2.25. The molecule has 0 radical (unpaired) electrons. The van der Waals surface area contributed by atoms with E-state index in [2.05, 4.69) is 14.0 Å². The molecule has 0 bridgehead atoms. The van der Waals surface area contributed by atoms with Gasteiger partial charge in [0.25, 0.3) is 0 Å². The fraction of sp³-hybridized carbons (Fsp3) is 0.600. The van der Waals surface area contributed by atoms with Crippen molar-refractivity contribution in [1.82, 2.24) is 0 Å². The number of hydrogen-bond donors (Lipinski definition) is 1. The van der Waals surface area contributed by atoms with Crippen molar-refractivity contribution in [3.05, 3.63) is 24.3 Å². The summed E-state index contributed by atoms with van der Waals surface area (Å²) in [6.45, 7) is 7.86. The predicted octanol–water partition coefficient (Wildman–Crippen LogP) is 1.78. The second-order valence-electron chi connectivity index (χ2n) is 4.54. The molecule has 0 heterocycles. The molecule has 0 aliphatic heterocycles. The van der Waals surface area contributed by atoms with E-state index in [0.717, 1.165) is 24.7 Å². The Bertz CT molecular complexity index is 328. The average molecular weight is 252 g/mol. The van der Waals surface area contributed by atoms with Crippen molar-refractivity contribution in [3.63, 3.8) is 0 Å². The summed E-state index contributed by atoms with van der Waals surface area (Å²) in [4.78, 5) is 1.52. The van der Waals surface area contributed by atoms with Gasteiger partial charge in [-0.1, -0.05) is 25.5 Å². The van der Waals surface area contributed by atoms with Gasteiger partial charge in [-0.05, 0) is 25.5 Å². The molecule has 1 rings (SSSR count). The topological polar surface area (TPSA) is 22.9 Å². The first-order chi connectivity index (χ1) is 8.77. The summed E-state index contributed by atoms with van der Waals surface area (Å²) in [7, 11) is 2.22. The molecule has 0 aliphatic rings. The molecule has 1 aromatic carbocycles. The molecule has 18 heavy (non-hydrogen) atoms. The van der Waals surface area contributed by atoms with Crippen molar-refractivity contribution < 1.29 is 14.4 Å². The van der Waals surface area contributed by atoms with Crippen LogP contribution in [-0.4, -0.2) is 33.4 Å². The van der Waals surface area contributed by atoms with Crippen molar-refractivity contribution in [1.29, 1.82) is 0 Å². The van der Waals surface area contributed by atoms with E-state index in [0.29, 0.717) is 6.61 Å². The van der Waals surface area contributed by atoms with Gasteiger partial charge in [0.05, 0.1) is 20.2 Å². The molecule has 0 spiro atoms. The van der Waals surface area contributed by atoms with E-state index in [-0.39, 0.29) is 0 Å². The Morgan fingerprint density at radius 3 is 2.28 bits per heavy atom. The Morgan fingerprint density at radius 2 is 1.67 bits per heavy atom. The number of likely N-dealkylation sites (N-methyl/N-ethyl adjacent to an activating group) is 1. The minimum absolute atomic E-state index is 0.669. The lowest BCUT2D eigenvalue weighted by Gasteiger charge is -2.15. The molecule has 1 atom stereocenters. The third-order valence-corrected chi connectivity index (χ3v) is 2.89. The number of unbranched alkanes of at least 4 members (excludes halogenated alkanes) is 1. The number of benzene rings is 1. The van der Waals surface area contributed by atoms with Gasteiger partial charge < -0.3 is 14.4 Å². The highest BCUT2D eigenvalue weighted by atomic mass is 16.5. The van der Waals surface area contributed by atoms with Crippen LogP contribution >= 0.6 is 0 Å². The van der Waals surface area contributed by atoms with E-state index in [1.165, 1.54) is 24.3 Å². The number of nitrogens with one attached hydrogen (secondary N) is 1. The molecular formula is C15H26NO2+. The van der Waals surface area contributed by atoms with Crippen molar-refractivity contribution in [3.8, 4) is 11.5 Å². The fourth-order valence-corrected chi connectivity index (χ4v) is 1.78. The molecule has 1 unspecified atom stereocenters. The van der Waals surface area contributed by atoms with Gasteiger partial charge in [-0.2, -0.15) is 0 Å². The monoisotopic (exact) mass is 252 g/mol. The first-order valence-electron chi connectivity index (χ1n) is 6.93. The summed E-state index contributed by atoms with van der Waals surface area (Å²) in [5.41, 5.74) is 0. The normalized spacial score (nSPS) is 12.2. The number of quaternary nitrogens is 1. The third-order valence-electron chi connectivity index (χ3n) is 2.89. The Hall–Kier alpha value is -1.22. The molecule has 3 heteroatoms. The largest absolute Gasteiger partial charge is 0.490 e. The molecule has 0 amide bonds. The van der Waals surface area contributed by atoms with Gasteiger partial charge in [-0.25, -0.2) is 0 Å². The van der Waals surface area contributed by atoms with Gasteiger partial charge in [0.15, 0.2) is 11.5 Å². The van der Waals surface area contributed by atoms with E-state index < -0.39 is 0 Å². The second-order valence-corrected chi connectivity index (χ2v) is 4.54. The maximum atomic E-state index is 5.79. The minimum atomic E-state index is 0.669. The van der Waals surface area contributed by atoms with Crippen molar-refractivity contribution in [2.45, 2.75) is 26.7 Å². The van der Waals surface area contributed by atoms with Gasteiger partial charge in [0, 0.05) is 0 Å². The Labute approximate surface area is 111 Å². The minimum Gasteiger partial charge on any atom is -0.490 e. The van der Waals surface area contributed by atoms with Gasteiger partial charge in [0.1, 0.15) is 13.2 Å². The Balaban J connectivity index is 2.34. The maximum Gasteiger partial charge on any atom is 0.161 e. The number of rotatable bonds is 9. The zero-order valence-electron chi connectivity index (χ0n) is 11.9. The molecule has 1 N–H and O–H groups in total. The Morgan fingerprint density at radius 1 is 1.00 bits per heavy atom. The predicted molar refractivity (Wildman–Crippen MR) is 74.6 cm³/mol. The van der Waals surface area contributed by atoms with Gasteiger partial charge in [0.2, 0.25) is 0 Å². The lowest BCUT2D eigenvalue weighted by atomic mass is 10.3. The van der Waals surface area contributed by atoms with Crippen LogP contribution in [0.3, 0.4) is 0 Å². The molecule has 1 aromatic rings. The molecule has 3 nitrogen and oxygen atoms in total. The molecule has 102 valence electrons. The molecular weight excluding hydrogens is 226 g/mol. The number of ether oxygens (including phenoxy) is 2. The van der Waals surface area contributed by atoms with Crippen LogP contribution in [0.25, 0.3) is 0 Å². The summed E-state index contributed by atoms with van der Waals surface area (Å²) in [6, 6.07) is 7.86. The van der Waals surface area contributed by atoms with E-state index in [1.54, 1.807) is 0 Å². The van der Waals surface area contributed by atoms with Gasteiger partial charge >= 0.3 is 0 Å².